The van der Waals surface area contributed by atoms with Crippen molar-refractivity contribution in [1.82, 2.24) is 0 Å². The molecule has 2 aliphatic rings. The van der Waals surface area contributed by atoms with Gasteiger partial charge in [0.05, 0.1) is 12.2 Å². The average Bonchev–Trinajstić information content (AvgIpc) is 3.05. The lowest BCUT2D eigenvalue weighted by Crippen LogP contribution is -2.28. The summed E-state index contributed by atoms with van der Waals surface area (Å²) in [6, 6.07) is 5.06. The first-order valence-corrected chi connectivity index (χ1v) is 9.98. The average molecular weight is 398 g/mol. The van der Waals surface area contributed by atoms with Gasteiger partial charge in [0.15, 0.2) is 6.61 Å². The van der Waals surface area contributed by atoms with Gasteiger partial charge in [-0.25, -0.2) is 4.79 Å². The molecule has 0 aromatic heterocycles. The quantitative estimate of drug-likeness (QED) is 0.562. The van der Waals surface area contributed by atoms with Gasteiger partial charge in [-0.05, 0) is 73.4 Å². The van der Waals surface area contributed by atoms with E-state index < -0.39 is 50.3 Å². The number of rotatable bonds is 10. The number of benzene rings is 1. The lowest BCUT2D eigenvalue weighted by Gasteiger charge is -2.32. The first kappa shape index (κ1) is 13.6. The van der Waals surface area contributed by atoms with Gasteiger partial charge in [-0.2, -0.15) is 0 Å². The Morgan fingerprint density at radius 3 is 3.07 bits per heavy atom. The molecule has 5 atom stereocenters. The van der Waals surface area contributed by atoms with Gasteiger partial charge < -0.3 is 20.1 Å². The standard InChI is InChI=1S/C23H34O5/c1-2-3-4-7-17(24)9-10-18-19-11-15-6-5-8-22(28-14-23(26)27)20(15)12-16(19)13-21(18)25/h5-6,8,16-19,21,24-25H,2-4,7,9-14H2,1H3,(H,26,27)/t16-,17-,18+,19-,21+/m0/s1/i1D3,2D2,12D2. The SMILES string of the molecule is [2H]C1([2H])c2c(cccc2OCC(=O)O)C[C@@H]2[C@@H](CC[C@@H](O)CCCC([2H])([2H])C([2H])([2H])[2H])[C@H](O)C[C@@H]21. The van der Waals surface area contributed by atoms with Crippen molar-refractivity contribution in [2.75, 3.05) is 6.61 Å². The molecule has 0 bridgehead atoms. The molecule has 1 aromatic carbocycles. The van der Waals surface area contributed by atoms with Crippen LogP contribution in [0.25, 0.3) is 0 Å². The van der Waals surface area contributed by atoms with E-state index in [0.29, 0.717) is 24.8 Å². The number of aliphatic hydroxyl groups excluding tert-OH is 2. The van der Waals surface area contributed by atoms with E-state index in [1.165, 1.54) is 0 Å². The van der Waals surface area contributed by atoms with Gasteiger partial charge in [0.25, 0.3) is 0 Å². The summed E-state index contributed by atoms with van der Waals surface area (Å²) in [7, 11) is 0. The highest BCUT2D eigenvalue weighted by atomic mass is 16.5. The van der Waals surface area contributed by atoms with Crippen molar-refractivity contribution in [2.45, 2.75) is 76.8 Å². The fraction of sp³-hybridized carbons (Fsp3) is 0.696. The predicted molar refractivity (Wildman–Crippen MR) is 107 cm³/mol. The zero-order valence-corrected chi connectivity index (χ0v) is 15.9. The molecule has 0 amide bonds. The van der Waals surface area contributed by atoms with Gasteiger partial charge in [0, 0.05) is 9.60 Å². The number of carboxylic acids is 1. The van der Waals surface area contributed by atoms with Gasteiger partial charge in [-0.1, -0.05) is 38.2 Å². The Hall–Kier alpha value is -1.59. The van der Waals surface area contributed by atoms with Crippen LogP contribution in [0.15, 0.2) is 18.2 Å². The topological polar surface area (TPSA) is 87.0 Å². The van der Waals surface area contributed by atoms with E-state index in [2.05, 4.69) is 0 Å². The fourth-order valence-corrected chi connectivity index (χ4v) is 4.62. The largest absolute Gasteiger partial charge is 0.482 e. The van der Waals surface area contributed by atoms with Crippen LogP contribution in [-0.2, 0) is 17.6 Å². The third-order valence-corrected chi connectivity index (χ3v) is 5.98. The molecule has 3 rings (SSSR count). The normalized spacial score (nSPS) is 33.6. The minimum Gasteiger partial charge on any atom is -0.482 e. The number of carboxylic acid groups (broad SMARTS) is 1. The Kier molecular flexibility index (Phi) is 4.73. The number of fused-ring (bicyclic) bond motifs is 2. The lowest BCUT2D eigenvalue weighted by molar-refractivity contribution is -0.139. The number of hydrogen-bond donors (Lipinski definition) is 3. The second-order valence-corrected chi connectivity index (χ2v) is 7.86. The fourth-order valence-electron chi connectivity index (χ4n) is 4.62. The van der Waals surface area contributed by atoms with Crippen molar-refractivity contribution in [1.29, 1.82) is 0 Å². The molecule has 0 radical (unpaired) electrons. The third-order valence-electron chi connectivity index (χ3n) is 5.98. The van der Waals surface area contributed by atoms with E-state index >= 15 is 0 Å². The molecule has 28 heavy (non-hydrogen) atoms. The van der Waals surface area contributed by atoms with Crippen LogP contribution < -0.4 is 4.74 Å². The van der Waals surface area contributed by atoms with Crippen molar-refractivity contribution in [3.05, 3.63) is 29.3 Å². The van der Waals surface area contributed by atoms with Crippen molar-refractivity contribution in [3.8, 4) is 5.75 Å². The molecule has 156 valence electrons. The van der Waals surface area contributed by atoms with Crippen LogP contribution in [0, 0.1) is 17.8 Å². The zero-order chi connectivity index (χ0) is 26.2. The first-order chi connectivity index (χ1) is 16.1. The molecule has 0 spiro atoms. The van der Waals surface area contributed by atoms with Gasteiger partial charge in [-0.3, -0.25) is 0 Å². The van der Waals surface area contributed by atoms with Crippen LogP contribution in [0.2, 0.25) is 0 Å². The molecular weight excluding hydrogens is 356 g/mol. The van der Waals surface area contributed by atoms with E-state index in [9.17, 15) is 15.0 Å². The molecule has 5 nitrogen and oxygen atoms in total. The highest BCUT2D eigenvalue weighted by molar-refractivity contribution is 5.68. The molecule has 3 N–H and O–H groups in total. The maximum atomic E-state index is 10.9. The third kappa shape index (κ3) is 5.06. The number of aliphatic hydroxyl groups is 2. The Morgan fingerprint density at radius 2 is 2.29 bits per heavy atom. The van der Waals surface area contributed by atoms with E-state index in [1.807, 2.05) is 0 Å². The summed E-state index contributed by atoms with van der Waals surface area (Å²) < 4.78 is 60.2. The molecule has 0 saturated heterocycles. The molecule has 1 fully saturated rings. The van der Waals surface area contributed by atoms with Crippen LogP contribution in [0.5, 0.6) is 5.75 Å². The lowest BCUT2D eigenvalue weighted by atomic mass is 9.73. The van der Waals surface area contributed by atoms with Gasteiger partial charge in [0.1, 0.15) is 5.75 Å². The van der Waals surface area contributed by atoms with E-state index in [-0.39, 0.29) is 43.3 Å². The Labute approximate surface area is 177 Å². The molecular formula is C23H34O5. The maximum absolute atomic E-state index is 10.9. The molecule has 0 unspecified atom stereocenters. The minimum absolute atomic E-state index is 0.154. The molecule has 1 saturated carbocycles. The van der Waals surface area contributed by atoms with Crippen LogP contribution in [-0.4, -0.2) is 40.1 Å². The number of ether oxygens (including phenoxy) is 1. The Bertz CT molecular complexity index is 905. The summed E-state index contributed by atoms with van der Waals surface area (Å²) >= 11 is 0. The Balaban J connectivity index is 1.65. The molecule has 5 heteroatoms. The highest BCUT2D eigenvalue weighted by Gasteiger charge is 2.44. The summed E-state index contributed by atoms with van der Waals surface area (Å²) in [6.07, 6.45) is -3.76. The minimum atomic E-state index is -2.71. The summed E-state index contributed by atoms with van der Waals surface area (Å²) in [5.74, 6) is -1.80. The predicted octanol–water partition coefficient (Wildman–Crippen LogP) is 3.58. The first-order valence-electron chi connectivity index (χ1n) is 13.5. The number of hydrogen-bond acceptors (Lipinski definition) is 4. The smallest absolute Gasteiger partial charge is 0.341 e. The van der Waals surface area contributed by atoms with Crippen molar-refractivity contribution >= 4 is 5.97 Å². The monoisotopic (exact) mass is 397 g/mol. The van der Waals surface area contributed by atoms with Crippen molar-refractivity contribution < 1.29 is 34.4 Å². The van der Waals surface area contributed by atoms with Crippen LogP contribution >= 0.6 is 0 Å². The number of aliphatic carboxylic acids is 1. The zero-order valence-electron chi connectivity index (χ0n) is 22.9. The number of carbonyl (C=O) groups is 1. The van der Waals surface area contributed by atoms with Gasteiger partial charge in [-0.15, -0.1) is 0 Å². The van der Waals surface area contributed by atoms with Crippen molar-refractivity contribution in [2.24, 2.45) is 17.8 Å². The van der Waals surface area contributed by atoms with Crippen LogP contribution in [0.4, 0.5) is 0 Å². The molecule has 1 aromatic rings. The highest BCUT2D eigenvalue weighted by Crippen LogP contribution is 2.48. The summed E-state index contributed by atoms with van der Waals surface area (Å²) in [4.78, 5) is 10.9. The van der Waals surface area contributed by atoms with Crippen LogP contribution in [0.1, 0.15) is 72.5 Å². The molecule has 0 aliphatic heterocycles. The van der Waals surface area contributed by atoms with Gasteiger partial charge >= 0.3 is 5.97 Å². The second kappa shape index (κ2) is 9.75. The Morgan fingerprint density at radius 1 is 1.43 bits per heavy atom. The molecule has 0 heterocycles. The van der Waals surface area contributed by atoms with Gasteiger partial charge in [0.2, 0.25) is 0 Å². The van der Waals surface area contributed by atoms with Crippen LogP contribution in [0.3, 0.4) is 0 Å². The van der Waals surface area contributed by atoms with Crippen molar-refractivity contribution in [3.63, 3.8) is 0 Å². The van der Waals surface area contributed by atoms with E-state index in [4.69, 9.17) is 19.4 Å². The maximum Gasteiger partial charge on any atom is 0.341 e. The summed E-state index contributed by atoms with van der Waals surface area (Å²) in [5, 5.41) is 30.1. The molecule has 2 aliphatic carbocycles. The van der Waals surface area contributed by atoms with E-state index in [1.54, 1.807) is 18.2 Å². The summed E-state index contributed by atoms with van der Waals surface area (Å²) in [5.41, 5.74) is 1.07. The second-order valence-electron chi connectivity index (χ2n) is 7.86. The van der Waals surface area contributed by atoms with E-state index in [0.717, 1.165) is 5.56 Å². The summed E-state index contributed by atoms with van der Waals surface area (Å²) in [6.45, 7) is -3.28.